The molecule has 0 fully saturated rings. The molecule has 0 amide bonds. The van der Waals surface area contributed by atoms with Crippen LogP contribution in [-0.2, 0) is 9.36 Å². The highest BCUT2D eigenvalue weighted by Crippen LogP contribution is 2.34. The van der Waals surface area contributed by atoms with Crippen molar-refractivity contribution in [3.63, 3.8) is 0 Å². The number of hydrogen-bond acceptors (Lipinski definition) is 3. The van der Waals surface area contributed by atoms with Crippen molar-refractivity contribution in [3.8, 4) is 0 Å². The van der Waals surface area contributed by atoms with Gasteiger partial charge in [0, 0.05) is 12.0 Å². The first-order valence-electron chi connectivity index (χ1n) is 4.19. The normalized spacial score (nSPS) is 14.7. The molecule has 1 aromatic rings. The predicted molar refractivity (Wildman–Crippen MR) is 58.9 cm³/mol. The van der Waals surface area contributed by atoms with Gasteiger partial charge in [-0.25, -0.2) is 4.79 Å². The molecule has 6 heteroatoms. The van der Waals surface area contributed by atoms with Crippen molar-refractivity contribution >= 4 is 24.8 Å². The number of carboxylic acid groups (broad SMARTS) is 1. The van der Waals surface area contributed by atoms with Crippen LogP contribution in [0.2, 0.25) is 0 Å². The molecule has 0 aliphatic rings. The van der Waals surface area contributed by atoms with Gasteiger partial charge >= 0.3 is 5.97 Å². The molecule has 1 atom stereocenters. The molecule has 1 aromatic carbocycles. The fourth-order valence-electron chi connectivity index (χ4n) is 0.964. The topological polar surface area (TPSA) is 78.8 Å². The lowest BCUT2D eigenvalue weighted by Crippen LogP contribution is -2.14. The number of aliphatic carboxylic acids is 1. The van der Waals surface area contributed by atoms with E-state index < -0.39 is 13.3 Å². The van der Waals surface area contributed by atoms with E-state index in [-0.39, 0.29) is 0 Å². The van der Waals surface area contributed by atoms with Crippen LogP contribution in [0.1, 0.15) is 0 Å². The van der Waals surface area contributed by atoms with Crippen LogP contribution in [0.25, 0.3) is 0 Å². The second-order valence-electron chi connectivity index (χ2n) is 2.96. The maximum Gasteiger partial charge on any atom is 0.348 e. The quantitative estimate of drug-likeness (QED) is 0.453. The van der Waals surface area contributed by atoms with Gasteiger partial charge < -0.3 is 5.11 Å². The predicted octanol–water partition coefficient (Wildman–Crippen LogP) is 0.880. The minimum absolute atomic E-state index is 0.604. The number of nitrogens with one attached hydrogen (secondary N) is 1. The van der Waals surface area contributed by atoms with Gasteiger partial charge in [0.2, 0.25) is 7.29 Å². The number of nitrogens with zero attached hydrogens (tertiary/aromatic N) is 1. The van der Waals surface area contributed by atoms with E-state index in [1.165, 1.54) is 6.66 Å². The molecule has 2 N–H and O–H groups in total. The summed E-state index contributed by atoms with van der Waals surface area (Å²) in [4.78, 5) is 10.1. The number of carbonyl (C=O) groups is 1. The summed E-state index contributed by atoms with van der Waals surface area (Å²) in [5.74, 6) is -1.18. The zero-order chi connectivity index (χ0) is 11.3. The Morgan fingerprint density at radius 2 is 2.07 bits per heavy atom. The van der Waals surface area contributed by atoms with E-state index in [1.54, 1.807) is 24.3 Å². The number of benzene rings is 1. The van der Waals surface area contributed by atoms with E-state index in [0.717, 1.165) is 0 Å². The monoisotopic (exact) mass is 226 g/mol. The minimum atomic E-state index is -2.81. The molecule has 0 spiro atoms. The Balaban J connectivity index is 2.77. The summed E-state index contributed by atoms with van der Waals surface area (Å²) < 4.78 is 12.0. The van der Waals surface area contributed by atoms with E-state index in [0.29, 0.717) is 11.5 Å². The fraction of sp³-hybridized carbons (Fsp3) is 0.111. The van der Waals surface area contributed by atoms with Gasteiger partial charge in [-0.05, 0) is 12.1 Å². The second-order valence-corrected chi connectivity index (χ2v) is 5.52. The number of carboxylic acids is 1. The van der Waals surface area contributed by atoms with Crippen molar-refractivity contribution in [1.29, 1.82) is 0 Å². The molecule has 0 unspecified atom stereocenters. The van der Waals surface area contributed by atoms with Crippen LogP contribution in [0.4, 0.5) is 0 Å². The Hall–Kier alpha value is -1.61. The molecule has 0 heterocycles. The van der Waals surface area contributed by atoms with Gasteiger partial charge in [0.15, 0.2) is 0 Å². The molecule has 0 aliphatic carbocycles. The van der Waals surface area contributed by atoms with Gasteiger partial charge in [0.25, 0.3) is 0 Å². The Labute approximate surface area is 87.2 Å². The first kappa shape index (κ1) is 11.5. The van der Waals surface area contributed by atoms with E-state index in [2.05, 4.69) is 10.3 Å². The molecule has 0 bridgehead atoms. The average Bonchev–Trinajstić information content (AvgIpc) is 2.18. The van der Waals surface area contributed by atoms with Crippen molar-refractivity contribution in [3.05, 3.63) is 30.3 Å². The Morgan fingerprint density at radius 3 is 2.60 bits per heavy atom. The zero-order valence-corrected chi connectivity index (χ0v) is 9.02. The van der Waals surface area contributed by atoms with Crippen molar-refractivity contribution in [2.24, 2.45) is 5.10 Å². The maximum absolute atomic E-state index is 12.0. The molecule has 0 radical (unpaired) electrons. The van der Waals surface area contributed by atoms with Crippen molar-refractivity contribution < 1.29 is 14.5 Å². The lowest BCUT2D eigenvalue weighted by Gasteiger charge is -2.11. The third-order valence-corrected chi connectivity index (χ3v) is 3.45. The molecule has 0 saturated heterocycles. The summed E-state index contributed by atoms with van der Waals surface area (Å²) in [5.41, 5.74) is 0. The summed E-state index contributed by atoms with van der Waals surface area (Å²) in [6, 6.07) is 8.72. The lowest BCUT2D eigenvalue weighted by molar-refractivity contribution is -0.128. The van der Waals surface area contributed by atoms with E-state index >= 15 is 0 Å². The Morgan fingerprint density at radius 1 is 1.47 bits per heavy atom. The van der Waals surface area contributed by atoms with Gasteiger partial charge in [-0.3, -0.25) is 9.76 Å². The van der Waals surface area contributed by atoms with Crippen molar-refractivity contribution in [2.75, 3.05) is 6.66 Å². The molecule has 15 heavy (non-hydrogen) atoms. The highest BCUT2D eigenvalue weighted by atomic mass is 31.2. The van der Waals surface area contributed by atoms with Crippen molar-refractivity contribution in [1.82, 2.24) is 5.20 Å². The lowest BCUT2D eigenvalue weighted by atomic mass is 10.4. The Kier molecular flexibility index (Phi) is 3.63. The fourth-order valence-corrected chi connectivity index (χ4v) is 2.10. The van der Waals surface area contributed by atoms with Gasteiger partial charge in [-0.1, -0.05) is 18.2 Å². The van der Waals surface area contributed by atoms with E-state index in [1.807, 2.05) is 6.07 Å². The van der Waals surface area contributed by atoms with Crippen LogP contribution in [0.3, 0.4) is 0 Å². The van der Waals surface area contributed by atoms with Gasteiger partial charge in [0.05, 0.1) is 0 Å². The van der Waals surface area contributed by atoms with Crippen LogP contribution in [0.5, 0.6) is 0 Å². The third kappa shape index (κ3) is 3.56. The molecule has 0 saturated carbocycles. The summed E-state index contributed by atoms with van der Waals surface area (Å²) in [7, 11) is -2.81. The summed E-state index contributed by atoms with van der Waals surface area (Å²) in [6.45, 7) is 1.49. The average molecular weight is 226 g/mol. The third-order valence-electron chi connectivity index (χ3n) is 1.67. The highest BCUT2D eigenvalue weighted by Gasteiger charge is 2.15. The van der Waals surface area contributed by atoms with Crippen LogP contribution < -0.4 is 10.5 Å². The number of rotatable bonds is 4. The first-order chi connectivity index (χ1) is 7.02. The van der Waals surface area contributed by atoms with Crippen LogP contribution in [0.15, 0.2) is 35.4 Å². The molecule has 0 aliphatic heterocycles. The van der Waals surface area contributed by atoms with Gasteiger partial charge in [-0.2, -0.15) is 5.10 Å². The van der Waals surface area contributed by atoms with Crippen LogP contribution >= 0.6 is 7.29 Å². The highest BCUT2D eigenvalue weighted by molar-refractivity contribution is 7.68. The molecule has 5 nitrogen and oxygen atoms in total. The Bertz CT molecular complexity index is 417. The largest absolute Gasteiger partial charge is 0.477 e. The maximum atomic E-state index is 12.0. The molecule has 80 valence electrons. The van der Waals surface area contributed by atoms with Crippen molar-refractivity contribution in [2.45, 2.75) is 0 Å². The first-order valence-corrected chi connectivity index (χ1v) is 6.34. The molecule has 0 aromatic heterocycles. The summed E-state index contributed by atoms with van der Waals surface area (Å²) in [5, 5.41) is 14.6. The second kappa shape index (κ2) is 4.75. The summed E-state index contributed by atoms with van der Waals surface area (Å²) in [6.07, 6.45) is 0.666. The van der Waals surface area contributed by atoms with Gasteiger partial charge in [-0.15, -0.1) is 0 Å². The van der Waals surface area contributed by atoms with Gasteiger partial charge in [0.1, 0.15) is 6.21 Å². The molecular weight excluding hydrogens is 215 g/mol. The SMILES string of the molecule is C[P@](=O)(NN=CC(=O)O)c1ccccc1. The standard InChI is InChI=1S/C9H11N2O3P/c1-15(14,11-10-7-9(12)13)8-5-3-2-4-6-8/h2-7H,1H3,(H,11,14)(H,12,13)/t15-/m1/s1. The zero-order valence-electron chi connectivity index (χ0n) is 8.12. The van der Waals surface area contributed by atoms with E-state index in [4.69, 9.17) is 5.11 Å². The summed E-state index contributed by atoms with van der Waals surface area (Å²) >= 11 is 0. The number of hydrazone groups is 1. The van der Waals surface area contributed by atoms with Crippen LogP contribution in [-0.4, -0.2) is 24.0 Å². The smallest absolute Gasteiger partial charge is 0.348 e. The van der Waals surface area contributed by atoms with Crippen LogP contribution in [0, 0.1) is 0 Å². The number of hydrogen-bond donors (Lipinski definition) is 2. The molecular formula is C9H11N2O3P. The molecule has 1 rings (SSSR count). The minimum Gasteiger partial charge on any atom is -0.477 e. The van der Waals surface area contributed by atoms with E-state index in [9.17, 15) is 9.36 Å².